The smallest absolute Gasteiger partial charge is 0.166 e. The Morgan fingerprint density at radius 1 is 1.05 bits per heavy atom. The number of phenols is 1. The van der Waals surface area contributed by atoms with E-state index in [9.17, 15) is 5.11 Å². The second kappa shape index (κ2) is 6.93. The molecule has 0 radical (unpaired) electrons. The van der Waals surface area contributed by atoms with Crippen molar-refractivity contribution in [1.82, 2.24) is 0 Å². The van der Waals surface area contributed by atoms with Gasteiger partial charge in [-0.25, -0.2) is 0 Å². The van der Waals surface area contributed by atoms with Crippen LogP contribution < -0.4 is 4.89 Å². The monoisotopic (exact) mass is 290 g/mol. The number of aryl methyl sites for hydroxylation is 1. The maximum atomic E-state index is 9.32. The highest BCUT2D eigenvalue weighted by molar-refractivity contribution is 7.93. The first-order valence-electron chi connectivity index (χ1n) is 5.88. The van der Waals surface area contributed by atoms with Gasteiger partial charge in [-0.15, -0.1) is 4.33 Å². The zero-order valence-electron chi connectivity index (χ0n) is 11.1. The lowest BCUT2D eigenvalue weighted by atomic mass is 10.2. The summed E-state index contributed by atoms with van der Waals surface area (Å²) >= 11 is 1.13. The predicted octanol–water partition coefficient (Wildman–Crippen LogP) is 4.70. The van der Waals surface area contributed by atoms with Gasteiger partial charge in [-0.3, -0.25) is 0 Å². The van der Waals surface area contributed by atoms with Gasteiger partial charge in [0.05, 0.1) is 11.4 Å². The molecule has 0 saturated carbocycles. The fourth-order valence-corrected chi connectivity index (χ4v) is 1.65. The molecular weight excluding hydrogens is 276 g/mol. The number of azo groups is 1. The van der Waals surface area contributed by atoms with E-state index in [0.717, 1.165) is 17.6 Å². The summed E-state index contributed by atoms with van der Waals surface area (Å²) in [6.07, 6.45) is 1.77. The topological polar surface area (TPSA) is 63.4 Å². The van der Waals surface area contributed by atoms with Crippen LogP contribution in [0.2, 0.25) is 0 Å². The molecule has 0 saturated heterocycles. The Morgan fingerprint density at radius 3 is 2.45 bits per heavy atom. The first-order valence-corrected chi connectivity index (χ1v) is 7.03. The molecule has 0 aliphatic rings. The minimum absolute atomic E-state index is 0.219. The molecule has 0 heterocycles. The third kappa shape index (κ3) is 3.97. The molecule has 20 heavy (non-hydrogen) atoms. The quantitative estimate of drug-likeness (QED) is 0.375. The van der Waals surface area contributed by atoms with Crippen molar-refractivity contribution in [2.24, 2.45) is 10.2 Å². The van der Waals surface area contributed by atoms with Gasteiger partial charge >= 0.3 is 0 Å². The van der Waals surface area contributed by atoms with Gasteiger partial charge in [-0.2, -0.15) is 10.2 Å². The Hall–Kier alpha value is -2.05. The van der Waals surface area contributed by atoms with Crippen LogP contribution in [0.3, 0.4) is 0 Å². The molecule has 0 spiro atoms. The summed E-state index contributed by atoms with van der Waals surface area (Å²) in [5.41, 5.74) is 2.28. The lowest BCUT2D eigenvalue weighted by Gasteiger charge is -2.01. The van der Waals surface area contributed by atoms with Crippen molar-refractivity contribution in [1.29, 1.82) is 0 Å². The number of hydrogen-bond acceptors (Lipinski definition) is 6. The average Bonchev–Trinajstić information content (AvgIpc) is 2.45. The van der Waals surface area contributed by atoms with Crippen LogP contribution in [0, 0.1) is 6.92 Å². The Morgan fingerprint density at radius 2 is 1.80 bits per heavy atom. The van der Waals surface area contributed by atoms with E-state index in [2.05, 4.69) is 10.2 Å². The highest BCUT2D eigenvalue weighted by atomic mass is 32.2. The predicted molar refractivity (Wildman–Crippen MR) is 78.7 cm³/mol. The van der Waals surface area contributed by atoms with Gasteiger partial charge in [0, 0.05) is 18.3 Å². The molecule has 5 nitrogen and oxygen atoms in total. The molecule has 0 fully saturated rings. The lowest BCUT2D eigenvalue weighted by molar-refractivity contribution is -0.0770. The minimum atomic E-state index is 0.219. The summed E-state index contributed by atoms with van der Waals surface area (Å²) in [4.78, 5) is 4.97. The van der Waals surface area contributed by atoms with E-state index in [4.69, 9.17) is 9.22 Å². The van der Waals surface area contributed by atoms with Crippen molar-refractivity contribution < 1.29 is 14.3 Å². The first kappa shape index (κ1) is 14.4. The van der Waals surface area contributed by atoms with Crippen molar-refractivity contribution in [2.75, 3.05) is 6.26 Å². The molecule has 0 amide bonds. The molecule has 6 heteroatoms. The minimum Gasteiger partial charge on any atom is -0.508 e. The van der Waals surface area contributed by atoms with E-state index in [1.165, 1.54) is 0 Å². The number of phenolic OH excluding ortho intramolecular Hbond substituents is 1. The largest absolute Gasteiger partial charge is 0.508 e. The summed E-state index contributed by atoms with van der Waals surface area (Å²) < 4.78 is 4.75. The van der Waals surface area contributed by atoms with Gasteiger partial charge in [0.15, 0.2) is 5.75 Å². The van der Waals surface area contributed by atoms with Crippen molar-refractivity contribution in [2.45, 2.75) is 6.92 Å². The highest BCUT2D eigenvalue weighted by Gasteiger charge is 1.99. The third-order valence-corrected chi connectivity index (χ3v) is 2.69. The first-order chi connectivity index (χ1) is 9.69. The number of nitrogens with zero attached hydrogens (tertiary/aromatic N) is 2. The maximum Gasteiger partial charge on any atom is 0.166 e. The van der Waals surface area contributed by atoms with Gasteiger partial charge in [-0.05, 0) is 55.0 Å². The summed E-state index contributed by atoms with van der Waals surface area (Å²) in [7, 11) is 0. The van der Waals surface area contributed by atoms with Crippen LogP contribution in [0.15, 0.2) is 52.7 Å². The summed E-state index contributed by atoms with van der Waals surface area (Å²) in [5.74, 6) is 0.816. The van der Waals surface area contributed by atoms with Crippen molar-refractivity contribution in [3.8, 4) is 11.5 Å². The summed E-state index contributed by atoms with van der Waals surface area (Å²) in [5, 5.41) is 17.6. The number of aromatic hydroxyl groups is 1. The molecule has 104 valence electrons. The number of benzene rings is 2. The fourth-order valence-electron chi connectivity index (χ4n) is 1.51. The van der Waals surface area contributed by atoms with Gasteiger partial charge < -0.3 is 9.99 Å². The SMILES string of the molecule is CSOOc1ccc(N=Nc2ccc(O)cc2C)cc1. The standard InChI is InChI=1S/C14H14N2O3S/c1-10-9-12(17)5-8-14(10)16-15-11-3-6-13(7-4-11)18-19-20-2/h3-9,17H,1-2H3. The van der Waals surface area contributed by atoms with Gasteiger partial charge in [0.1, 0.15) is 5.75 Å². The van der Waals surface area contributed by atoms with E-state index in [1.54, 1.807) is 48.7 Å². The van der Waals surface area contributed by atoms with Crippen LogP contribution in [0.1, 0.15) is 5.56 Å². The van der Waals surface area contributed by atoms with E-state index < -0.39 is 0 Å². The van der Waals surface area contributed by atoms with Crippen LogP contribution in [0.25, 0.3) is 0 Å². The molecular formula is C14H14N2O3S. The molecule has 2 aromatic rings. The fraction of sp³-hybridized carbons (Fsp3) is 0.143. The normalized spacial score (nSPS) is 10.9. The zero-order valence-corrected chi connectivity index (χ0v) is 11.9. The van der Waals surface area contributed by atoms with Crippen LogP contribution in [0.4, 0.5) is 11.4 Å². The van der Waals surface area contributed by atoms with Crippen molar-refractivity contribution in [3.63, 3.8) is 0 Å². The van der Waals surface area contributed by atoms with Gasteiger partial charge in [0.25, 0.3) is 0 Å². The second-order valence-electron chi connectivity index (χ2n) is 3.98. The Bertz CT molecular complexity index is 600. The van der Waals surface area contributed by atoms with Gasteiger partial charge in [-0.1, -0.05) is 0 Å². The van der Waals surface area contributed by atoms with Crippen LogP contribution in [-0.4, -0.2) is 11.4 Å². The molecule has 0 aromatic heterocycles. The molecule has 0 aliphatic carbocycles. The number of hydrogen-bond donors (Lipinski definition) is 1. The van der Waals surface area contributed by atoms with Crippen LogP contribution in [-0.2, 0) is 4.33 Å². The van der Waals surface area contributed by atoms with Crippen molar-refractivity contribution in [3.05, 3.63) is 48.0 Å². The summed E-state index contributed by atoms with van der Waals surface area (Å²) in [6.45, 7) is 1.87. The lowest BCUT2D eigenvalue weighted by Crippen LogP contribution is -1.86. The maximum absolute atomic E-state index is 9.32. The zero-order chi connectivity index (χ0) is 14.4. The van der Waals surface area contributed by atoms with E-state index in [0.29, 0.717) is 17.1 Å². The Kier molecular flexibility index (Phi) is 4.97. The average molecular weight is 290 g/mol. The van der Waals surface area contributed by atoms with Crippen LogP contribution >= 0.6 is 12.0 Å². The molecule has 2 rings (SSSR count). The second-order valence-corrected chi connectivity index (χ2v) is 4.45. The van der Waals surface area contributed by atoms with Crippen molar-refractivity contribution >= 4 is 23.4 Å². The summed E-state index contributed by atoms with van der Waals surface area (Å²) in [6, 6.07) is 12.0. The van der Waals surface area contributed by atoms with E-state index in [1.807, 2.05) is 6.92 Å². The Balaban J connectivity index is 2.07. The molecule has 1 N–H and O–H groups in total. The molecule has 2 aromatic carbocycles. The van der Waals surface area contributed by atoms with E-state index >= 15 is 0 Å². The number of rotatable bonds is 5. The van der Waals surface area contributed by atoms with E-state index in [-0.39, 0.29) is 5.75 Å². The molecule has 0 atom stereocenters. The van der Waals surface area contributed by atoms with Gasteiger partial charge in [0.2, 0.25) is 0 Å². The van der Waals surface area contributed by atoms with Crippen LogP contribution in [0.5, 0.6) is 11.5 Å². The Labute approximate surface area is 121 Å². The highest BCUT2D eigenvalue weighted by Crippen LogP contribution is 2.26. The molecule has 0 aliphatic heterocycles. The third-order valence-electron chi connectivity index (χ3n) is 2.49. The molecule has 0 bridgehead atoms. The molecule has 0 unspecified atom stereocenters.